The molecular formula is C42H26Cl2O2Zr. The molecule has 0 aliphatic rings. The Hall–Kier alpha value is -4.40. The first-order chi connectivity index (χ1) is 21.8. The molecule has 0 bridgehead atoms. The van der Waals surface area contributed by atoms with E-state index in [1.165, 1.54) is 64.6 Å². The summed E-state index contributed by atoms with van der Waals surface area (Å²) in [6, 6.07) is 51.3. The quantitative estimate of drug-likeness (QED) is 0.156. The van der Waals surface area contributed by atoms with Crippen molar-refractivity contribution in [1.29, 1.82) is 0 Å². The van der Waals surface area contributed by atoms with Crippen molar-refractivity contribution >= 4 is 64.6 Å². The van der Waals surface area contributed by atoms with Gasteiger partial charge in [-0.25, -0.2) is 0 Å². The fourth-order valence-electron chi connectivity index (χ4n) is 6.89. The molecule has 0 N–H and O–H groups in total. The summed E-state index contributed by atoms with van der Waals surface area (Å²) in [7, 11) is 0. The van der Waals surface area contributed by atoms with Gasteiger partial charge in [0, 0.05) is 0 Å². The van der Waals surface area contributed by atoms with Gasteiger partial charge in [-0.1, -0.05) is 142 Å². The summed E-state index contributed by atoms with van der Waals surface area (Å²) in [6.07, 6.45) is 3.45. The van der Waals surface area contributed by atoms with Crippen molar-refractivity contribution < 1.29 is 59.9 Å². The summed E-state index contributed by atoms with van der Waals surface area (Å²) < 4.78 is 11.1. The van der Waals surface area contributed by atoms with Gasteiger partial charge >= 0.3 is 26.2 Å². The Morgan fingerprint density at radius 3 is 0.957 bits per heavy atom. The average Bonchev–Trinajstić information content (AvgIpc) is 3.92. The van der Waals surface area contributed by atoms with E-state index >= 15 is 0 Å². The molecule has 2 aromatic heterocycles. The largest absolute Gasteiger partial charge is 4.00 e. The van der Waals surface area contributed by atoms with Crippen LogP contribution in [0, 0.1) is 0 Å². The second-order valence-corrected chi connectivity index (χ2v) is 11.3. The number of hydrogen-bond donors (Lipinski definition) is 0. The fraction of sp³-hybridized carbons (Fsp3) is 0. The summed E-state index contributed by atoms with van der Waals surface area (Å²) in [6.45, 7) is 0. The first-order valence-electron chi connectivity index (χ1n) is 14.9. The van der Waals surface area contributed by atoms with Crippen molar-refractivity contribution in [3.05, 3.63) is 158 Å². The smallest absolute Gasteiger partial charge is 1.00 e. The van der Waals surface area contributed by atoms with Gasteiger partial charge in [0.05, 0.1) is 24.0 Å². The van der Waals surface area contributed by atoms with E-state index < -0.39 is 0 Å². The molecule has 0 saturated heterocycles. The van der Waals surface area contributed by atoms with E-state index in [0.29, 0.717) is 0 Å². The van der Waals surface area contributed by atoms with Gasteiger partial charge in [-0.15, -0.1) is 45.8 Å². The van der Waals surface area contributed by atoms with E-state index in [1.807, 2.05) is 24.3 Å². The molecule has 10 aromatic rings. The molecule has 10 rings (SSSR count). The third-order valence-corrected chi connectivity index (χ3v) is 8.84. The minimum absolute atomic E-state index is 0. The van der Waals surface area contributed by atoms with Crippen LogP contribution < -0.4 is 24.8 Å². The van der Waals surface area contributed by atoms with Gasteiger partial charge in [-0.2, -0.15) is 0 Å². The second kappa shape index (κ2) is 13.4. The Labute approximate surface area is 303 Å². The number of halogens is 2. The molecule has 0 unspecified atom stereocenters. The van der Waals surface area contributed by atoms with Crippen LogP contribution in [-0.4, -0.2) is 0 Å². The summed E-state index contributed by atoms with van der Waals surface area (Å²) >= 11 is 0. The van der Waals surface area contributed by atoms with Crippen LogP contribution in [-0.2, 0) is 26.2 Å². The Kier molecular flexibility index (Phi) is 9.26. The zero-order valence-corrected chi connectivity index (χ0v) is 29.1. The maximum atomic E-state index is 5.57. The monoisotopic (exact) mass is 722 g/mol. The Morgan fingerprint density at radius 2 is 0.638 bits per heavy atom. The summed E-state index contributed by atoms with van der Waals surface area (Å²) in [5.74, 6) is 1.84. The number of fused-ring (bicyclic) bond motifs is 12. The number of hydrogen-bond acceptors (Lipinski definition) is 2. The average molecular weight is 725 g/mol. The van der Waals surface area contributed by atoms with Gasteiger partial charge < -0.3 is 33.6 Å². The van der Waals surface area contributed by atoms with Gasteiger partial charge in [0.2, 0.25) is 0 Å². The van der Waals surface area contributed by atoms with Crippen LogP contribution >= 0.6 is 0 Å². The predicted molar refractivity (Wildman–Crippen MR) is 185 cm³/mol. The number of benzene rings is 6. The van der Waals surface area contributed by atoms with Crippen LogP contribution in [0.5, 0.6) is 0 Å². The van der Waals surface area contributed by atoms with Crippen molar-refractivity contribution in [2.45, 2.75) is 0 Å². The first kappa shape index (κ1) is 32.5. The number of furan rings is 2. The van der Waals surface area contributed by atoms with Crippen molar-refractivity contribution in [3.63, 3.8) is 0 Å². The van der Waals surface area contributed by atoms with Gasteiger partial charge in [0.15, 0.2) is 0 Å². The maximum Gasteiger partial charge on any atom is 4.00 e. The fourth-order valence-corrected chi connectivity index (χ4v) is 6.89. The van der Waals surface area contributed by atoms with Crippen molar-refractivity contribution in [2.75, 3.05) is 0 Å². The van der Waals surface area contributed by atoms with Crippen LogP contribution in [0.4, 0.5) is 0 Å². The van der Waals surface area contributed by atoms with Crippen molar-refractivity contribution in [2.24, 2.45) is 0 Å². The molecule has 224 valence electrons. The van der Waals surface area contributed by atoms with E-state index in [-0.39, 0.29) is 51.0 Å². The molecule has 0 saturated carbocycles. The molecular weight excluding hydrogens is 699 g/mol. The molecule has 5 heteroatoms. The van der Waals surface area contributed by atoms with Gasteiger partial charge in [0.1, 0.15) is 0 Å². The molecule has 0 fully saturated rings. The molecule has 0 spiro atoms. The van der Waals surface area contributed by atoms with E-state index in [0.717, 1.165) is 22.6 Å². The minimum atomic E-state index is 0. The summed E-state index contributed by atoms with van der Waals surface area (Å²) in [5, 5.41) is 15.6. The summed E-state index contributed by atoms with van der Waals surface area (Å²) in [4.78, 5) is 0. The minimum Gasteiger partial charge on any atom is -1.00 e. The zero-order valence-electron chi connectivity index (χ0n) is 25.1. The topological polar surface area (TPSA) is 26.3 Å². The SMILES string of the molecule is [Cl-].[Cl-].[Zr+4].c1coc(-c2cc3c4ccccc4c4ccccc4c3[cH-]2)c1.c1coc(-c2cc3c4ccccc4c4ccccc4c3[cH-]2)c1. The summed E-state index contributed by atoms with van der Waals surface area (Å²) in [5.41, 5.74) is 2.28. The normalized spacial score (nSPS) is 10.9. The molecule has 47 heavy (non-hydrogen) atoms. The van der Waals surface area contributed by atoms with Gasteiger partial charge in [-0.3, -0.25) is 0 Å². The third kappa shape index (κ3) is 5.43. The van der Waals surface area contributed by atoms with E-state index in [2.05, 4.69) is 121 Å². The van der Waals surface area contributed by atoms with Gasteiger partial charge in [-0.05, 0) is 33.7 Å². The molecule has 0 aliphatic heterocycles. The van der Waals surface area contributed by atoms with Crippen LogP contribution in [0.25, 0.3) is 87.3 Å². The van der Waals surface area contributed by atoms with Crippen LogP contribution in [0.15, 0.2) is 167 Å². The van der Waals surface area contributed by atoms with Crippen LogP contribution in [0.3, 0.4) is 0 Å². The third-order valence-electron chi connectivity index (χ3n) is 8.84. The van der Waals surface area contributed by atoms with Gasteiger partial charge in [0.25, 0.3) is 0 Å². The molecule has 0 radical (unpaired) electrons. The van der Waals surface area contributed by atoms with Crippen molar-refractivity contribution in [3.8, 4) is 22.6 Å². The van der Waals surface area contributed by atoms with E-state index in [4.69, 9.17) is 8.83 Å². The van der Waals surface area contributed by atoms with Crippen LogP contribution in [0.1, 0.15) is 0 Å². The maximum absolute atomic E-state index is 5.57. The molecule has 2 heterocycles. The molecule has 2 nitrogen and oxygen atoms in total. The van der Waals surface area contributed by atoms with E-state index in [1.54, 1.807) is 12.5 Å². The standard InChI is InChI=1S/2C21H13O.2ClH.Zr/c2*1-3-8-17-15(6-1)16-7-2-4-9-18(16)20-13-14(12-19(17)20)21-10-5-11-22-21;;;/h2*1-13H;2*1H;/q2*-1;;;+4/p-2. The van der Waals surface area contributed by atoms with Crippen LogP contribution in [0.2, 0.25) is 0 Å². The molecule has 8 aromatic carbocycles. The predicted octanol–water partition coefficient (Wildman–Crippen LogP) is 6.26. The van der Waals surface area contributed by atoms with E-state index in [9.17, 15) is 0 Å². The number of rotatable bonds is 2. The Balaban J connectivity index is 0.000000155. The Bertz CT molecular complexity index is 2280. The zero-order chi connectivity index (χ0) is 29.0. The molecule has 0 atom stereocenters. The Morgan fingerprint density at radius 1 is 0.340 bits per heavy atom. The van der Waals surface area contributed by atoms with Crippen molar-refractivity contribution in [1.82, 2.24) is 0 Å². The molecule has 0 amide bonds. The first-order valence-corrected chi connectivity index (χ1v) is 14.9. The molecule has 0 aliphatic carbocycles. The second-order valence-electron chi connectivity index (χ2n) is 11.3.